The van der Waals surface area contributed by atoms with Crippen LogP contribution in [-0.4, -0.2) is 4.57 Å². The molecule has 1 aromatic heterocycles. The zero-order valence-corrected chi connectivity index (χ0v) is 27.8. The third-order valence-electron chi connectivity index (χ3n) is 11.1. The summed E-state index contributed by atoms with van der Waals surface area (Å²) in [7, 11) is 0. The third-order valence-corrected chi connectivity index (χ3v) is 11.1. The Morgan fingerprint density at radius 3 is 1.63 bits per heavy atom. The van der Waals surface area contributed by atoms with Gasteiger partial charge in [0.05, 0.1) is 16.4 Å². The van der Waals surface area contributed by atoms with Crippen molar-refractivity contribution < 1.29 is 4.74 Å². The summed E-state index contributed by atoms with van der Waals surface area (Å²) in [4.78, 5) is 0. The first kappa shape index (κ1) is 28.2. The molecule has 0 bridgehead atoms. The van der Waals surface area contributed by atoms with Crippen LogP contribution >= 0.6 is 0 Å². The van der Waals surface area contributed by atoms with E-state index in [4.69, 9.17) is 4.74 Å². The fourth-order valence-corrected chi connectivity index (χ4v) is 9.00. The minimum atomic E-state index is -0.502. The molecule has 0 saturated carbocycles. The highest BCUT2D eigenvalue weighted by atomic mass is 16.5. The maximum Gasteiger partial charge on any atom is 0.132 e. The highest BCUT2D eigenvalue weighted by Crippen LogP contribution is 2.62. The number of benzene rings is 8. The first-order chi connectivity index (χ1) is 25.3. The van der Waals surface area contributed by atoms with Crippen LogP contribution in [0.15, 0.2) is 188 Å². The summed E-state index contributed by atoms with van der Waals surface area (Å²) in [5.74, 6) is 1.81. The van der Waals surface area contributed by atoms with E-state index in [0.717, 1.165) is 22.7 Å². The van der Waals surface area contributed by atoms with Crippen molar-refractivity contribution in [1.82, 2.24) is 4.57 Å². The van der Waals surface area contributed by atoms with Gasteiger partial charge in [-0.05, 0) is 87.0 Å². The molecule has 0 N–H and O–H groups in total. The average molecular weight is 650 g/mol. The molecule has 2 heteroatoms. The van der Waals surface area contributed by atoms with Crippen molar-refractivity contribution in [1.29, 1.82) is 0 Å². The number of para-hydroxylation sites is 3. The lowest BCUT2D eigenvalue weighted by atomic mass is 9.65. The maximum absolute atomic E-state index is 6.73. The van der Waals surface area contributed by atoms with E-state index in [1.807, 2.05) is 0 Å². The molecular weight excluding hydrogens is 619 g/mol. The summed E-state index contributed by atoms with van der Waals surface area (Å²) in [5, 5.41) is 2.51. The predicted molar refractivity (Wildman–Crippen MR) is 209 cm³/mol. The largest absolute Gasteiger partial charge is 0.457 e. The van der Waals surface area contributed by atoms with Crippen LogP contribution in [0.2, 0.25) is 0 Å². The SMILES string of the molecule is c1ccc(-n2c3ccccc3c3ccc(-c4ccccc4-c4ccc5c(c4)C4(c6ccccc6O5)c5ccccc5-c5ccccc54)cc32)cc1. The smallest absolute Gasteiger partial charge is 0.132 e. The number of fused-ring (bicyclic) bond motifs is 12. The fourth-order valence-electron chi connectivity index (χ4n) is 9.00. The molecule has 0 radical (unpaired) electrons. The molecule has 0 unspecified atom stereocenters. The lowest BCUT2D eigenvalue weighted by Gasteiger charge is -2.39. The molecule has 1 aliphatic carbocycles. The van der Waals surface area contributed by atoms with Crippen LogP contribution in [0, 0.1) is 0 Å². The molecule has 238 valence electrons. The van der Waals surface area contributed by atoms with E-state index in [9.17, 15) is 0 Å². The van der Waals surface area contributed by atoms with Crippen LogP contribution in [0.3, 0.4) is 0 Å². The van der Waals surface area contributed by atoms with Gasteiger partial charge in [-0.3, -0.25) is 0 Å². The summed E-state index contributed by atoms with van der Waals surface area (Å²) in [6.07, 6.45) is 0. The van der Waals surface area contributed by atoms with E-state index < -0.39 is 5.41 Å². The Labute approximate surface area is 296 Å². The molecule has 11 rings (SSSR count). The van der Waals surface area contributed by atoms with Crippen molar-refractivity contribution in [2.45, 2.75) is 5.41 Å². The molecule has 8 aromatic carbocycles. The van der Waals surface area contributed by atoms with Gasteiger partial charge < -0.3 is 9.30 Å². The van der Waals surface area contributed by atoms with E-state index in [-0.39, 0.29) is 0 Å². The van der Waals surface area contributed by atoms with Gasteiger partial charge in [0.25, 0.3) is 0 Å². The number of nitrogens with zero attached hydrogens (tertiary/aromatic N) is 1. The quantitative estimate of drug-likeness (QED) is 0.186. The van der Waals surface area contributed by atoms with Crippen LogP contribution in [0.4, 0.5) is 0 Å². The Morgan fingerprint density at radius 1 is 0.353 bits per heavy atom. The molecule has 2 heterocycles. The molecule has 9 aromatic rings. The number of aromatic nitrogens is 1. The van der Waals surface area contributed by atoms with Gasteiger partial charge >= 0.3 is 0 Å². The number of hydrogen-bond donors (Lipinski definition) is 0. The third kappa shape index (κ3) is 3.87. The Balaban J connectivity index is 1.15. The van der Waals surface area contributed by atoms with Crippen molar-refractivity contribution in [3.8, 4) is 50.6 Å². The van der Waals surface area contributed by atoms with Crippen LogP contribution < -0.4 is 4.74 Å². The summed E-state index contributed by atoms with van der Waals surface area (Å²) < 4.78 is 9.12. The van der Waals surface area contributed by atoms with Gasteiger partial charge in [-0.1, -0.05) is 146 Å². The Hall–Kier alpha value is -6.64. The van der Waals surface area contributed by atoms with E-state index in [1.165, 1.54) is 71.9 Å². The highest BCUT2D eigenvalue weighted by Gasteiger charge is 2.51. The van der Waals surface area contributed by atoms with Crippen molar-refractivity contribution >= 4 is 21.8 Å². The molecule has 0 saturated heterocycles. The van der Waals surface area contributed by atoms with E-state index in [1.54, 1.807) is 0 Å². The van der Waals surface area contributed by atoms with E-state index >= 15 is 0 Å². The summed E-state index contributed by atoms with van der Waals surface area (Å²) in [6, 6.07) is 68.3. The first-order valence-corrected chi connectivity index (χ1v) is 17.6. The van der Waals surface area contributed by atoms with Gasteiger partial charge in [0.1, 0.15) is 11.5 Å². The number of ether oxygens (including phenoxy) is 1. The van der Waals surface area contributed by atoms with Gasteiger partial charge in [-0.2, -0.15) is 0 Å². The zero-order valence-electron chi connectivity index (χ0n) is 27.8. The maximum atomic E-state index is 6.73. The first-order valence-electron chi connectivity index (χ1n) is 17.6. The Kier molecular flexibility index (Phi) is 5.91. The molecule has 0 atom stereocenters. The molecule has 0 fully saturated rings. The normalized spacial score (nSPS) is 13.4. The van der Waals surface area contributed by atoms with Gasteiger partial charge in [-0.25, -0.2) is 0 Å². The fraction of sp³-hybridized carbons (Fsp3) is 0.0204. The monoisotopic (exact) mass is 649 g/mol. The standard InChI is InChI=1S/C49H31NO/c1-2-14-34(15-3-1)50-45-24-12-8-20-39(45)40-28-26-33(31-46(40)50)36-17-5-4-16-35(36)32-27-29-48-44(30-32)49(43-23-11-13-25-47(43)51-48)41-21-9-6-18-37(41)38-19-7-10-22-42(38)49/h1-31H. The van der Waals surface area contributed by atoms with Gasteiger partial charge in [0, 0.05) is 27.6 Å². The summed E-state index contributed by atoms with van der Waals surface area (Å²) in [6.45, 7) is 0. The lowest BCUT2D eigenvalue weighted by Crippen LogP contribution is -2.32. The predicted octanol–water partition coefficient (Wildman–Crippen LogP) is 12.6. The van der Waals surface area contributed by atoms with E-state index in [2.05, 4.69) is 193 Å². The van der Waals surface area contributed by atoms with Gasteiger partial charge in [0.15, 0.2) is 0 Å². The van der Waals surface area contributed by atoms with Crippen LogP contribution in [0.25, 0.3) is 60.9 Å². The number of hydrogen-bond acceptors (Lipinski definition) is 1. The Bertz CT molecular complexity index is 2800. The van der Waals surface area contributed by atoms with Crippen LogP contribution in [0.1, 0.15) is 22.3 Å². The van der Waals surface area contributed by atoms with Crippen LogP contribution in [-0.2, 0) is 5.41 Å². The molecular formula is C49H31NO. The van der Waals surface area contributed by atoms with Crippen LogP contribution in [0.5, 0.6) is 11.5 Å². The van der Waals surface area contributed by atoms with Crippen molar-refractivity contribution in [3.63, 3.8) is 0 Å². The average Bonchev–Trinajstić information content (AvgIpc) is 3.69. The van der Waals surface area contributed by atoms with Crippen molar-refractivity contribution in [3.05, 3.63) is 210 Å². The topological polar surface area (TPSA) is 14.2 Å². The second kappa shape index (κ2) is 10.7. The summed E-state index contributed by atoms with van der Waals surface area (Å²) in [5.41, 5.74) is 15.3. The molecule has 0 amide bonds. The van der Waals surface area contributed by atoms with Gasteiger partial charge in [0.2, 0.25) is 0 Å². The van der Waals surface area contributed by atoms with E-state index in [0.29, 0.717) is 0 Å². The lowest BCUT2D eigenvalue weighted by molar-refractivity contribution is 0.436. The van der Waals surface area contributed by atoms with Crippen molar-refractivity contribution in [2.75, 3.05) is 0 Å². The minimum absolute atomic E-state index is 0.502. The van der Waals surface area contributed by atoms with Crippen molar-refractivity contribution in [2.24, 2.45) is 0 Å². The second-order valence-electron chi connectivity index (χ2n) is 13.6. The molecule has 2 aliphatic rings. The second-order valence-corrected chi connectivity index (χ2v) is 13.6. The van der Waals surface area contributed by atoms with Gasteiger partial charge in [-0.15, -0.1) is 0 Å². The molecule has 51 heavy (non-hydrogen) atoms. The molecule has 1 aliphatic heterocycles. The Morgan fingerprint density at radius 2 is 0.882 bits per heavy atom. The zero-order chi connectivity index (χ0) is 33.5. The summed E-state index contributed by atoms with van der Waals surface area (Å²) >= 11 is 0. The number of rotatable bonds is 3. The highest BCUT2D eigenvalue weighted by molar-refractivity contribution is 6.10. The molecule has 2 nitrogen and oxygen atoms in total. The molecule has 1 spiro atoms. The minimum Gasteiger partial charge on any atom is -0.457 e.